The lowest BCUT2D eigenvalue weighted by atomic mass is 9.63. The molecule has 5 N–H and O–H groups in total. The Morgan fingerprint density at radius 2 is 1.05 bits per heavy atom. The largest absolute Gasteiger partial charge is 0.481 e. The Labute approximate surface area is 214 Å². The molecule has 0 saturated heterocycles. The lowest BCUT2D eigenvalue weighted by Crippen LogP contribution is -2.63. The summed E-state index contributed by atoms with van der Waals surface area (Å²) in [6.45, 7) is 4.99. The Kier molecular flexibility index (Phi) is 13.8. The van der Waals surface area contributed by atoms with Gasteiger partial charge in [-0.15, -0.1) is 0 Å². The molecular weight excluding hydrogens is 496 g/mol. The third-order valence-electron chi connectivity index (χ3n) is 6.22. The zero-order valence-electron chi connectivity index (χ0n) is 21.5. The van der Waals surface area contributed by atoms with E-state index in [1.807, 2.05) is 0 Å². The summed E-state index contributed by atoms with van der Waals surface area (Å²) in [7, 11) is 0. The van der Waals surface area contributed by atoms with E-state index in [-0.39, 0.29) is 32.3 Å². The predicted molar refractivity (Wildman–Crippen MR) is 126 cm³/mol. The molecule has 0 aliphatic heterocycles. The number of esters is 1. The Balaban J connectivity index is 7.32. The van der Waals surface area contributed by atoms with Crippen LogP contribution >= 0.6 is 0 Å². The van der Waals surface area contributed by atoms with Crippen LogP contribution in [0.5, 0.6) is 0 Å². The second-order valence-electron chi connectivity index (χ2n) is 9.02. The Morgan fingerprint density at radius 1 is 0.622 bits per heavy atom. The van der Waals surface area contributed by atoms with Gasteiger partial charge in [0.2, 0.25) is 5.60 Å². The van der Waals surface area contributed by atoms with Crippen molar-refractivity contribution in [2.75, 3.05) is 6.61 Å². The molecule has 0 fully saturated rings. The van der Waals surface area contributed by atoms with Crippen LogP contribution in [-0.2, 0) is 38.2 Å². The van der Waals surface area contributed by atoms with Gasteiger partial charge in [0.05, 0.1) is 19.3 Å². The van der Waals surface area contributed by atoms with E-state index in [2.05, 4.69) is 0 Å². The van der Waals surface area contributed by atoms with E-state index in [4.69, 9.17) is 9.47 Å². The van der Waals surface area contributed by atoms with Gasteiger partial charge >= 0.3 is 35.8 Å². The fraction of sp³-hybridized carbons (Fsp3) is 0.750. The monoisotopic (exact) mass is 534 g/mol. The van der Waals surface area contributed by atoms with Crippen molar-refractivity contribution >= 4 is 35.8 Å². The molecule has 0 aromatic carbocycles. The number of ether oxygens (including phenoxy) is 2. The van der Waals surface area contributed by atoms with E-state index >= 15 is 0 Å². The molecule has 13 nitrogen and oxygen atoms in total. The number of unbranched alkanes of at least 4 members (excludes halogenated alkanes) is 3. The zero-order chi connectivity index (χ0) is 28.9. The molecule has 0 radical (unpaired) electrons. The molecule has 37 heavy (non-hydrogen) atoms. The summed E-state index contributed by atoms with van der Waals surface area (Å²) in [6, 6.07) is 0. The van der Waals surface area contributed by atoms with Crippen LogP contribution < -0.4 is 0 Å². The Hall–Kier alpha value is -3.22. The first-order chi connectivity index (χ1) is 17.2. The highest BCUT2D eigenvalue weighted by Crippen LogP contribution is 2.49. The molecule has 0 aromatic rings. The molecule has 0 amide bonds. The molecule has 0 rings (SSSR count). The standard InChI is InChI=1S/C24H38O13/c1-4-7-10-22(11-8-5-2,24(20(33)34,15-18(29)30)36-12-9-6-3)21(35)37-23(19(31)32,13-16(25)26)14-17(27)28/h4-15H2,1-3H3,(H,25,26)(H,27,28)(H,29,30)(H,31,32)(H,33,34). The highest BCUT2D eigenvalue weighted by atomic mass is 16.6. The van der Waals surface area contributed by atoms with Crippen LogP contribution in [0.2, 0.25) is 0 Å². The maximum atomic E-state index is 13.9. The summed E-state index contributed by atoms with van der Waals surface area (Å²) in [4.78, 5) is 73.6. The van der Waals surface area contributed by atoms with Crippen LogP contribution in [0.3, 0.4) is 0 Å². The maximum Gasteiger partial charge on any atom is 0.349 e. The van der Waals surface area contributed by atoms with E-state index in [0.717, 1.165) is 0 Å². The van der Waals surface area contributed by atoms with E-state index in [1.165, 1.54) is 0 Å². The lowest BCUT2D eigenvalue weighted by molar-refractivity contribution is -0.221. The minimum Gasteiger partial charge on any atom is -0.481 e. The molecule has 212 valence electrons. The molecular formula is C24H38O13. The summed E-state index contributed by atoms with van der Waals surface area (Å²) in [6.07, 6.45) is -2.52. The first kappa shape index (κ1) is 33.8. The van der Waals surface area contributed by atoms with Gasteiger partial charge in [0, 0.05) is 6.61 Å². The first-order valence-electron chi connectivity index (χ1n) is 12.2. The van der Waals surface area contributed by atoms with Crippen molar-refractivity contribution in [3.63, 3.8) is 0 Å². The zero-order valence-corrected chi connectivity index (χ0v) is 21.5. The number of hydrogen-bond donors (Lipinski definition) is 5. The number of rotatable bonds is 21. The fourth-order valence-corrected chi connectivity index (χ4v) is 4.25. The number of carboxylic acids is 5. The van der Waals surface area contributed by atoms with Crippen molar-refractivity contribution in [3.05, 3.63) is 0 Å². The van der Waals surface area contributed by atoms with Gasteiger partial charge in [0.15, 0.2) is 5.60 Å². The second kappa shape index (κ2) is 15.1. The summed E-state index contributed by atoms with van der Waals surface area (Å²) in [5.74, 6) is -10.5. The SMILES string of the molecule is CCCCOC(CC(=O)O)(C(=O)O)C(CCCC)(CCCC)C(=O)OC(CC(=O)O)(CC(=O)O)C(=O)O. The van der Waals surface area contributed by atoms with Gasteiger partial charge < -0.3 is 35.0 Å². The molecule has 0 aliphatic rings. The predicted octanol–water partition coefficient (Wildman–Crippen LogP) is 2.78. The van der Waals surface area contributed by atoms with Crippen molar-refractivity contribution < 1.29 is 63.8 Å². The number of aliphatic carboxylic acids is 5. The summed E-state index contributed by atoms with van der Waals surface area (Å²) in [5.41, 5.74) is -8.05. The molecule has 0 aromatic heterocycles. The smallest absolute Gasteiger partial charge is 0.349 e. The fourth-order valence-electron chi connectivity index (χ4n) is 4.25. The minimum absolute atomic E-state index is 0.183. The summed E-state index contributed by atoms with van der Waals surface area (Å²) < 4.78 is 10.9. The highest BCUT2D eigenvalue weighted by Gasteiger charge is 2.65. The third-order valence-corrected chi connectivity index (χ3v) is 6.22. The number of hydrogen-bond acceptors (Lipinski definition) is 8. The van der Waals surface area contributed by atoms with Crippen LogP contribution in [0.1, 0.15) is 91.4 Å². The molecule has 0 spiro atoms. The molecule has 0 bridgehead atoms. The van der Waals surface area contributed by atoms with E-state index in [1.54, 1.807) is 20.8 Å². The molecule has 0 saturated carbocycles. The number of carboxylic acid groups (broad SMARTS) is 5. The van der Waals surface area contributed by atoms with Crippen LogP contribution in [0.15, 0.2) is 0 Å². The molecule has 0 aliphatic carbocycles. The van der Waals surface area contributed by atoms with Gasteiger partial charge in [-0.3, -0.25) is 19.2 Å². The van der Waals surface area contributed by atoms with E-state index < -0.39 is 71.7 Å². The molecule has 1 unspecified atom stereocenters. The van der Waals surface area contributed by atoms with Crippen molar-refractivity contribution in [1.29, 1.82) is 0 Å². The topological polar surface area (TPSA) is 222 Å². The van der Waals surface area contributed by atoms with Gasteiger partial charge in [-0.05, 0) is 19.3 Å². The summed E-state index contributed by atoms with van der Waals surface area (Å²) in [5, 5.41) is 48.3. The van der Waals surface area contributed by atoms with Crippen LogP contribution in [-0.4, -0.2) is 79.2 Å². The number of carbonyl (C=O) groups excluding carboxylic acids is 1. The normalized spacial score (nSPS) is 13.4. The van der Waals surface area contributed by atoms with Crippen molar-refractivity contribution in [2.24, 2.45) is 5.41 Å². The van der Waals surface area contributed by atoms with Crippen LogP contribution in [0.25, 0.3) is 0 Å². The first-order valence-corrected chi connectivity index (χ1v) is 12.2. The second-order valence-corrected chi connectivity index (χ2v) is 9.02. The average Bonchev–Trinajstić information content (AvgIpc) is 2.77. The molecule has 0 heterocycles. The van der Waals surface area contributed by atoms with E-state index in [0.29, 0.717) is 25.7 Å². The summed E-state index contributed by atoms with van der Waals surface area (Å²) >= 11 is 0. The quantitative estimate of drug-likeness (QED) is 0.106. The van der Waals surface area contributed by atoms with Crippen LogP contribution in [0, 0.1) is 5.41 Å². The van der Waals surface area contributed by atoms with Crippen molar-refractivity contribution in [1.82, 2.24) is 0 Å². The minimum atomic E-state index is -3.07. The van der Waals surface area contributed by atoms with Crippen molar-refractivity contribution in [3.8, 4) is 0 Å². The highest BCUT2D eigenvalue weighted by molar-refractivity contribution is 5.96. The average molecular weight is 535 g/mol. The Bertz CT molecular complexity index is 810. The van der Waals surface area contributed by atoms with E-state index in [9.17, 15) is 54.3 Å². The Morgan fingerprint density at radius 3 is 1.38 bits per heavy atom. The van der Waals surface area contributed by atoms with Crippen LogP contribution in [0.4, 0.5) is 0 Å². The maximum absolute atomic E-state index is 13.9. The third kappa shape index (κ3) is 8.69. The molecule has 13 heteroatoms. The van der Waals surface area contributed by atoms with Gasteiger partial charge in [-0.1, -0.05) is 52.9 Å². The van der Waals surface area contributed by atoms with Gasteiger partial charge in [0.25, 0.3) is 0 Å². The van der Waals surface area contributed by atoms with Crippen molar-refractivity contribution in [2.45, 2.75) is 103 Å². The van der Waals surface area contributed by atoms with Gasteiger partial charge in [-0.25, -0.2) is 9.59 Å². The van der Waals surface area contributed by atoms with Gasteiger partial charge in [0.1, 0.15) is 5.41 Å². The number of carbonyl (C=O) groups is 6. The van der Waals surface area contributed by atoms with Gasteiger partial charge in [-0.2, -0.15) is 0 Å². The molecule has 1 atom stereocenters. The lowest BCUT2D eigenvalue weighted by Gasteiger charge is -2.46.